The lowest BCUT2D eigenvalue weighted by atomic mass is 10.2. The van der Waals surface area contributed by atoms with Gasteiger partial charge in [-0.25, -0.2) is 9.18 Å². The lowest BCUT2D eigenvalue weighted by molar-refractivity contribution is 0.0556. The summed E-state index contributed by atoms with van der Waals surface area (Å²) in [7, 11) is 0. The Bertz CT molecular complexity index is 781. The predicted octanol–water partition coefficient (Wildman–Crippen LogP) is 4.20. The molecular formula is C19H16FIO4. The molecule has 0 aromatic heterocycles. The second-order valence-electron chi connectivity index (χ2n) is 4.91. The van der Waals surface area contributed by atoms with Crippen LogP contribution in [-0.2, 0) is 11.3 Å². The molecule has 0 atom stereocenters. The zero-order valence-electron chi connectivity index (χ0n) is 13.6. The maximum atomic E-state index is 13.0. The lowest BCUT2D eigenvalue weighted by Crippen LogP contribution is -2.08. The topological polar surface area (TPSA) is 44.8 Å². The van der Waals surface area contributed by atoms with Gasteiger partial charge in [-0.15, -0.1) is 6.42 Å². The van der Waals surface area contributed by atoms with Crippen LogP contribution in [-0.4, -0.2) is 19.2 Å². The van der Waals surface area contributed by atoms with E-state index in [1.165, 1.54) is 12.1 Å². The van der Waals surface area contributed by atoms with Gasteiger partial charge in [0.15, 0.2) is 18.1 Å². The number of carbonyl (C=O) groups is 1. The molecule has 0 aliphatic carbocycles. The van der Waals surface area contributed by atoms with Gasteiger partial charge in [0.1, 0.15) is 12.4 Å². The summed E-state index contributed by atoms with van der Waals surface area (Å²) < 4.78 is 30.0. The van der Waals surface area contributed by atoms with Gasteiger partial charge in [0.2, 0.25) is 0 Å². The van der Waals surface area contributed by atoms with Crippen LogP contribution in [0.5, 0.6) is 11.5 Å². The highest BCUT2D eigenvalue weighted by Crippen LogP contribution is 2.35. The minimum Gasteiger partial charge on any atom is -0.490 e. The van der Waals surface area contributed by atoms with E-state index in [1.807, 2.05) is 6.92 Å². The van der Waals surface area contributed by atoms with Gasteiger partial charge in [-0.2, -0.15) is 0 Å². The molecule has 2 aromatic rings. The fourth-order valence-electron chi connectivity index (χ4n) is 2.02. The lowest BCUT2D eigenvalue weighted by Gasteiger charge is -2.15. The van der Waals surface area contributed by atoms with Crippen LogP contribution in [0.2, 0.25) is 0 Å². The van der Waals surface area contributed by atoms with Crippen molar-refractivity contribution in [2.75, 3.05) is 13.2 Å². The molecule has 0 unspecified atom stereocenters. The number of halogens is 2. The Balaban J connectivity index is 2.22. The van der Waals surface area contributed by atoms with Crippen molar-refractivity contribution in [2.45, 2.75) is 13.5 Å². The largest absolute Gasteiger partial charge is 0.490 e. The standard InChI is InChI=1S/C19H16FIO4/c1-3-9-24-19(22)14-10-16(21)18(17(11-14)23-4-2)25-12-13-5-7-15(20)8-6-13/h1,5-8,10-11H,4,9,12H2,2H3. The van der Waals surface area contributed by atoms with Crippen molar-refractivity contribution < 1.29 is 23.4 Å². The van der Waals surface area contributed by atoms with Crippen LogP contribution >= 0.6 is 22.6 Å². The molecule has 25 heavy (non-hydrogen) atoms. The fraction of sp³-hybridized carbons (Fsp3) is 0.211. The fourth-order valence-corrected chi connectivity index (χ4v) is 2.77. The third kappa shape index (κ3) is 5.36. The Kier molecular flexibility index (Phi) is 7.07. The Morgan fingerprint density at radius 1 is 1.24 bits per heavy atom. The van der Waals surface area contributed by atoms with Crippen LogP contribution < -0.4 is 9.47 Å². The minimum atomic E-state index is -0.526. The first-order valence-corrected chi connectivity index (χ1v) is 8.57. The van der Waals surface area contributed by atoms with Crippen molar-refractivity contribution in [1.29, 1.82) is 0 Å². The van der Waals surface area contributed by atoms with Crippen molar-refractivity contribution in [3.63, 3.8) is 0 Å². The average Bonchev–Trinajstić information content (AvgIpc) is 2.60. The smallest absolute Gasteiger partial charge is 0.339 e. The molecule has 0 spiro atoms. The van der Waals surface area contributed by atoms with Crippen LogP contribution in [0.4, 0.5) is 4.39 Å². The Labute approximate surface area is 159 Å². The zero-order chi connectivity index (χ0) is 18.2. The van der Waals surface area contributed by atoms with Crippen molar-refractivity contribution in [3.8, 4) is 23.8 Å². The van der Waals surface area contributed by atoms with Crippen LogP contribution in [0, 0.1) is 21.7 Å². The highest BCUT2D eigenvalue weighted by molar-refractivity contribution is 14.1. The van der Waals surface area contributed by atoms with Gasteiger partial charge in [0.25, 0.3) is 0 Å². The summed E-state index contributed by atoms with van der Waals surface area (Å²) in [5.41, 5.74) is 1.15. The van der Waals surface area contributed by atoms with Gasteiger partial charge in [0.05, 0.1) is 15.7 Å². The molecule has 0 fully saturated rings. The summed E-state index contributed by atoms with van der Waals surface area (Å²) in [4.78, 5) is 12.0. The highest BCUT2D eigenvalue weighted by atomic mass is 127. The SMILES string of the molecule is C#CCOC(=O)c1cc(I)c(OCc2ccc(F)cc2)c(OCC)c1. The number of ether oxygens (including phenoxy) is 3. The van der Waals surface area contributed by atoms with E-state index in [0.29, 0.717) is 27.2 Å². The molecule has 4 nitrogen and oxygen atoms in total. The number of benzene rings is 2. The van der Waals surface area contributed by atoms with Crippen molar-refractivity contribution in [1.82, 2.24) is 0 Å². The molecule has 2 rings (SSSR count). The summed E-state index contributed by atoms with van der Waals surface area (Å²) in [6, 6.07) is 9.24. The number of hydrogen-bond donors (Lipinski definition) is 0. The van der Waals surface area contributed by atoms with Gasteiger partial charge in [-0.3, -0.25) is 0 Å². The third-order valence-electron chi connectivity index (χ3n) is 3.13. The summed E-state index contributed by atoms with van der Waals surface area (Å²) in [6.07, 6.45) is 5.09. The zero-order valence-corrected chi connectivity index (χ0v) is 15.7. The first-order valence-electron chi connectivity index (χ1n) is 7.49. The molecule has 0 aliphatic heterocycles. The molecule has 2 aromatic carbocycles. The Morgan fingerprint density at radius 3 is 2.60 bits per heavy atom. The highest BCUT2D eigenvalue weighted by Gasteiger charge is 2.17. The van der Waals surface area contributed by atoms with Gasteiger partial charge in [-0.05, 0) is 59.3 Å². The Morgan fingerprint density at radius 2 is 1.96 bits per heavy atom. The first-order chi connectivity index (χ1) is 12.0. The summed E-state index contributed by atoms with van der Waals surface area (Å²) in [5, 5.41) is 0. The van der Waals surface area contributed by atoms with Crippen molar-refractivity contribution in [2.24, 2.45) is 0 Å². The van der Waals surface area contributed by atoms with Crippen LogP contribution in [0.25, 0.3) is 0 Å². The number of esters is 1. The molecule has 0 bridgehead atoms. The molecule has 130 valence electrons. The summed E-state index contributed by atoms with van der Waals surface area (Å²) in [5.74, 6) is 2.37. The van der Waals surface area contributed by atoms with Crippen LogP contribution in [0.15, 0.2) is 36.4 Å². The molecule has 0 saturated carbocycles. The number of hydrogen-bond acceptors (Lipinski definition) is 4. The van der Waals surface area contributed by atoms with Crippen LogP contribution in [0.3, 0.4) is 0 Å². The molecule has 0 amide bonds. The monoisotopic (exact) mass is 454 g/mol. The Hall–Kier alpha value is -2.27. The molecule has 0 saturated heterocycles. The van der Waals surface area contributed by atoms with Crippen LogP contribution in [0.1, 0.15) is 22.8 Å². The number of terminal acetylenes is 1. The number of carbonyl (C=O) groups excluding carboxylic acids is 1. The summed E-state index contributed by atoms with van der Waals surface area (Å²) >= 11 is 2.06. The van der Waals surface area contributed by atoms with E-state index >= 15 is 0 Å². The van der Waals surface area contributed by atoms with Gasteiger partial charge in [-0.1, -0.05) is 18.1 Å². The maximum Gasteiger partial charge on any atom is 0.339 e. The molecule has 0 radical (unpaired) electrons. The minimum absolute atomic E-state index is 0.0950. The van der Waals surface area contributed by atoms with E-state index < -0.39 is 5.97 Å². The van der Waals surface area contributed by atoms with E-state index in [0.717, 1.165) is 5.56 Å². The van der Waals surface area contributed by atoms with Gasteiger partial charge in [0, 0.05) is 0 Å². The molecule has 0 aliphatic rings. The maximum absolute atomic E-state index is 13.0. The second kappa shape index (κ2) is 9.28. The molecule has 6 heteroatoms. The third-order valence-corrected chi connectivity index (χ3v) is 3.93. The van der Waals surface area contributed by atoms with Crippen molar-refractivity contribution in [3.05, 3.63) is 56.9 Å². The molecule has 0 heterocycles. The van der Waals surface area contributed by atoms with E-state index in [9.17, 15) is 9.18 Å². The van der Waals surface area contributed by atoms with Gasteiger partial charge < -0.3 is 14.2 Å². The van der Waals surface area contributed by atoms with Gasteiger partial charge >= 0.3 is 5.97 Å². The second-order valence-corrected chi connectivity index (χ2v) is 6.08. The molecular weight excluding hydrogens is 438 g/mol. The predicted molar refractivity (Wildman–Crippen MR) is 100 cm³/mol. The van der Waals surface area contributed by atoms with E-state index in [1.54, 1.807) is 24.3 Å². The summed E-state index contributed by atoms with van der Waals surface area (Å²) in [6.45, 7) is 2.39. The van der Waals surface area contributed by atoms with E-state index in [2.05, 4.69) is 28.5 Å². The normalized spacial score (nSPS) is 10.0. The van der Waals surface area contributed by atoms with Crippen molar-refractivity contribution >= 4 is 28.6 Å². The van der Waals surface area contributed by atoms with E-state index in [-0.39, 0.29) is 19.0 Å². The average molecular weight is 454 g/mol. The van der Waals surface area contributed by atoms with E-state index in [4.69, 9.17) is 20.6 Å². The first kappa shape index (κ1) is 19.1. The quantitative estimate of drug-likeness (QED) is 0.358. The molecule has 0 N–H and O–H groups in total. The number of rotatable bonds is 7.